The van der Waals surface area contributed by atoms with E-state index in [4.69, 9.17) is 40.4 Å². The Hall–Kier alpha value is -2.09. The molecule has 1 amide bonds. The summed E-state index contributed by atoms with van der Waals surface area (Å²) in [5, 5.41) is 0.615. The number of nitrogen functional groups attached to an aromatic ring is 1. The van der Waals surface area contributed by atoms with Crippen molar-refractivity contribution in [1.82, 2.24) is 9.97 Å². The quantitative estimate of drug-likeness (QED) is 0.635. The third-order valence-corrected chi connectivity index (χ3v) is 7.62. The molecule has 0 radical (unpaired) electrons. The van der Waals surface area contributed by atoms with Crippen molar-refractivity contribution in [2.75, 3.05) is 23.7 Å². The first-order valence-corrected chi connectivity index (χ1v) is 11.4. The lowest BCUT2D eigenvalue weighted by Crippen LogP contribution is -2.60. The maximum Gasteiger partial charge on any atom is 0.268 e. The zero-order chi connectivity index (χ0) is 22.3. The number of carbonyl (C=O) groups excluding carboxylic acids is 1. The molecule has 1 aliphatic carbocycles. The van der Waals surface area contributed by atoms with Gasteiger partial charge in [0, 0.05) is 30.1 Å². The molecule has 2 aliphatic rings. The van der Waals surface area contributed by atoms with Crippen LogP contribution in [0.5, 0.6) is 0 Å². The van der Waals surface area contributed by atoms with Crippen LogP contribution >= 0.6 is 23.2 Å². The van der Waals surface area contributed by atoms with Crippen LogP contribution in [-0.4, -0.2) is 35.0 Å². The summed E-state index contributed by atoms with van der Waals surface area (Å²) in [6, 6.07) is 5.22. The summed E-state index contributed by atoms with van der Waals surface area (Å²) in [7, 11) is 0. The fourth-order valence-corrected chi connectivity index (χ4v) is 5.50. The summed E-state index contributed by atoms with van der Waals surface area (Å²) >= 11 is 12.5. The van der Waals surface area contributed by atoms with Gasteiger partial charge >= 0.3 is 0 Å². The SMILES string of the molecule is C[C@@]12CCCCCC(CN(c3nc(N)c(-c4cccc(Cl)c4Cl)c(C(N)=O)n3)C1)[C@@H]2N. The van der Waals surface area contributed by atoms with E-state index in [2.05, 4.69) is 21.8 Å². The lowest BCUT2D eigenvalue weighted by atomic mass is 9.67. The number of carbonyl (C=O) groups is 1. The fourth-order valence-electron chi connectivity index (χ4n) is 5.10. The minimum Gasteiger partial charge on any atom is -0.383 e. The van der Waals surface area contributed by atoms with E-state index in [0.717, 1.165) is 25.8 Å². The summed E-state index contributed by atoms with van der Waals surface area (Å²) in [4.78, 5) is 23.6. The Labute approximate surface area is 192 Å². The predicted octanol–water partition coefficient (Wildman–Crippen LogP) is 3.87. The average Bonchev–Trinajstić information content (AvgIpc) is 2.72. The lowest BCUT2D eigenvalue weighted by molar-refractivity contribution is 0.0995. The molecule has 1 aromatic carbocycles. The van der Waals surface area contributed by atoms with E-state index >= 15 is 0 Å². The summed E-state index contributed by atoms with van der Waals surface area (Å²) in [5.74, 6) is 0.179. The van der Waals surface area contributed by atoms with Gasteiger partial charge in [0.05, 0.1) is 15.6 Å². The van der Waals surface area contributed by atoms with E-state index in [-0.39, 0.29) is 28.0 Å². The Kier molecular flexibility index (Phi) is 6.03. The van der Waals surface area contributed by atoms with E-state index in [0.29, 0.717) is 34.6 Å². The summed E-state index contributed by atoms with van der Waals surface area (Å²) in [5.41, 5.74) is 19.5. The zero-order valence-corrected chi connectivity index (χ0v) is 19.1. The molecule has 1 saturated heterocycles. The molecule has 2 aromatic rings. The number of amides is 1. The molecule has 4 rings (SSSR count). The lowest BCUT2D eigenvalue weighted by Gasteiger charge is -2.50. The Balaban J connectivity index is 1.78. The smallest absolute Gasteiger partial charge is 0.268 e. The highest BCUT2D eigenvalue weighted by molar-refractivity contribution is 6.44. The number of nitrogens with zero attached hydrogens (tertiary/aromatic N) is 3. The number of aromatic nitrogens is 2. The molecule has 7 nitrogen and oxygen atoms in total. The van der Waals surface area contributed by atoms with Gasteiger partial charge in [0.15, 0.2) is 0 Å². The summed E-state index contributed by atoms with van der Waals surface area (Å²) in [6.45, 7) is 3.67. The monoisotopic (exact) mass is 462 g/mol. The second kappa shape index (κ2) is 8.45. The van der Waals surface area contributed by atoms with Crippen LogP contribution in [0.15, 0.2) is 18.2 Å². The molecule has 1 aromatic heterocycles. The van der Waals surface area contributed by atoms with Crippen molar-refractivity contribution in [3.8, 4) is 11.1 Å². The van der Waals surface area contributed by atoms with Crippen LogP contribution in [-0.2, 0) is 0 Å². The number of primary amides is 1. The van der Waals surface area contributed by atoms with Crippen molar-refractivity contribution < 1.29 is 4.79 Å². The number of hydrogen-bond donors (Lipinski definition) is 3. The first-order chi connectivity index (χ1) is 14.7. The molecule has 1 aliphatic heterocycles. The van der Waals surface area contributed by atoms with E-state index in [1.807, 2.05) is 0 Å². The van der Waals surface area contributed by atoms with Gasteiger partial charge in [-0.3, -0.25) is 4.79 Å². The second-order valence-corrected chi connectivity index (χ2v) is 9.80. The van der Waals surface area contributed by atoms with Gasteiger partial charge in [-0.05, 0) is 24.8 Å². The number of anilines is 2. The minimum absolute atomic E-state index is 0.0342. The minimum atomic E-state index is -0.699. The highest BCUT2D eigenvalue weighted by Gasteiger charge is 2.44. The predicted molar refractivity (Wildman–Crippen MR) is 125 cm³/mol. The first-order valence-electron chi connectivity index (χ1n) is 10.6. The van der Waals surface area contributed by atoms with Gasteiger partial charge in [-0.2, -0.15) is 4.98 Å². The largest absolute Gasteiger partial charge is 0.383 e. The van der Waals surface area contributed by atoms with Crippen molar-refractivity contribution in [2.45, 2.75) is 45.1 Å². The van der Waals surface area contributed by atoms with Crippen LogP contribution in [0.3, 0.4) is 0 Å². The summed E-state index contributed by atoms with van der Waals surface area (Å²) < 4.78 is 0. The maximum atomic E-state index is 12.4. The van der Waals surface area contributed by atoms with Gasteiger partial charge in [-0.15, -0.1) is 0 Å². The van der Waals surface area contributed by atoms with Crippen molar-refractivity contribution in [3.05, 3.63) is 33.9 Å². The zero-order valence-electron chi connectivity index (χ0n) is 17.6. The van der Waals surface area contributed by atoms with Crippen LogP contribution in [0.25, 0.3) is 11.1 Å². The van der Waals surface area contributed by atoms with Gasteiger partial charge in [-0.25, -0.2) is 4.98 Å². The number of piperidine rings is 1. The first kappa shape index (κ1) is 22.1. The highest BCUT2D eigenvalue weighted by atomic mass is 35.5. The molecule has 0 spiro atoms. The number of fused-ring (bicyclic) bond motifs is 2. The van der Waals surface area contributed by atoms with Crippen LogP contribution < -0.4 is 22.1 Å². The molecular weight excluding hydrogens is 435 g/mol. The number of benzene rings is 1. The maximum absolute atomic E-state index is 12.4. The van der Waals surface area contributed by atoms with Crippen molar-refractivity contribution >= 4 is 40.9 Å². The van der Waals surface area contributed by atoms with E-state index in [1.54, 1.807) is 18.2 Å². The van der Waals surface area contributed by atoms with Crippen LogP contribution in [0.1, 0.15) is 49.5 Å². The third-order valence-electron chi connectivity index (χ3n) is 6.80. The van der Waals surface area contributed by atoms with E-state index in [9.17, 15) is 4.79 Å². The molecule has 166 valence electrons. The van der Waals surface area contributed by atoms with Crippen molar-refractivity contribution in [3.63, 3.8) is 0 Å². The highest BCUT2D eigenvalue weighted by Crippen LogP contribution is 2.42. The number of halogens is 2. The second-order valence-electron chi connectivity index (χ2n) is 9.02. The molecule has 1 unspecified atom stereocenters. The summed E-state index contributed by atoms with van der Waals surface area (Å²) in [6.07, 6.45) is 5.69. The fraction of sp³-hybridized carbons (Fsp3) is 0.500. The number of hydrogen-bond acceptors (Lipinski definition) is 6. The molecular formula is C22H28Cl2N6O. The standard InChI is InChI=1S/C22H28Cl2N6O/c1-22-9-4-2-3-6-12(18(22)25)10-30(11-22)21-28-17(20(27)31)15(19(26)29-21)13-7-5-8-14(23)16(13)24/h5,7-8,12,18H,2-4,6,9-11,25H2,1H3,(H2,27,31)(H2,26,28,29)/t12?,18-,22+/m0/s1. The van der Waals surface area contributed by atoms with Crippen molar-refractivity contribution in [1.29, 1.82) is 0 Å². The van der Waals surface area contributed by atoms with Crippen molar-refractivity contribution in [2.24, 2.45) is 22.8 Å². The third kappa shape index (κ3) is 4.06. The topological polar surface area (TPSA) is 124 Å². The normalized spacial score (nSPS) is 26.3. The van der Waals surface area contributed by atoms with E-state index in [1.165, 1.54) is 12.8 Å². The Morgan fingerprint density at radius 1 is 1.23 bits per heavy atom. The molecule has 3 atom stereocenters. The van der Waals surface area contributed by atoms with Gasteiger partial charge in [0.1, 0.15) is 11.5 Å². The Bertz CT molecular complexity index is 1020. The number of rotatable bonds is 3. The average molecular weight is 463 g/mol. The van der Waals surface area contributed by atoms with Gasteiger partial charge in [-0.1, -0.05) is 61.5 Å². The Morgan fingerprint density at radius 3 is 2.74 bits per heavy atom. The van der Waals surface area contributed by atoms with Gasteiger partial charge < -0.3 is 22.1 Å². The van der Waals surface area contributed by atoms with Crippen LogP contribution in [0, 0.1) is 11.3 Å². The Morgan fingerprint density at radius 2 is 2.00 bits per heavy atom. The van der Waals surface area contributed by atoms with Gasteiger partial charge in [0.2, 0.25) is 5.95 Å². The number of nitrogens with two attached hydrogens (primary N) is 3. The molecule has 31 heavy (non-hydrogen) atoms. The molecule has 2 fully saturated rings. The van der Waals surface area contributed by atoms with Gasteiger partial charge in [0.25, 0.3) is 5.91 Å². The van der Waals surface area contributed by atoms with E-state index < -0.39 is 5.91 Å². The van der Waals surface area contributed by atoms with Crippen LogP contribution in [0.2, 0.25) is 10.0 Å². The molecule has 2 bridgehead atoms. The molecule has 2 heterocycles. The molecule has 1 saturated carbocycles. The molecule has 6 N–H and O–H groups in total. The van der Waals surface area contributed by atoms with Crippen LogP contribution in [0.4, 0.5) is 11.8 Å². The molecule has 9 heteroatoms.